The van der Waals surface area contributed by atoms with Crippen LogP contribution in [0.2, 0.25) is 0 Å². The van der Waals surface area contributed by atoms with Crippen molar-refractivity contribution in [3.05, 3.63) is 52.3 Å². The summed E-state index contributed by atoms with van der Waals surface area (Å²) in [5.41, 5.74) is 0.802. The Morgan fingerprint density at radius 1 is 1.19 bits per heavy atom. The highest BCUT2D eigenvalue weighted by atomic mass is 16.6. The summed E-state index contributed by atoms with van der Waals surface area (Å²) < 4.78 is 11.2. The number of benzene rings is 1. The van der Waals surface area contributed by atoms with E-state index in [4.69, 9.17) is 9.15 Å². The van der Waals surface area contributed by atoms with Crippen LogP contribution in [0.5, 0.6) is 0 Å². The second-order valence-corrected chi connectivity index (χ2v) is 5.11. The second-order valence-electron chi connectivity index (χ2n) is 5.11. The van der Waals surface area contributed by atoms with E-state index in [0.29, 0.717) is 5.76 Å². The molecular formula is C15H17N2O4+. The summed E-state index contributed by atoms with van der Waals surface area (Å²) in [4.78, 5) is 11.8. The van der Waals surface area contributed by atoms with Gasteiger partial charge >= 0.3 is 0 Å². The topological polar surface area (TPSA) is 70.0 Å². The van der Waals surface area contributed by atoms with Gasteiger partial charge in [-0.15, -0.1) is 0 Å². The van der Waals surface area contributed by atoms with Gasteiger partial charge in [0.15, 0.2) is 5.76 Å². The molecule has 0 spiro atoms. The van der Waals surface area contributed by atoms with Gasteiger partial charge < -0.3 is 14.1 Å². The summed E-state index contributed by atoms with van der Waals surface area (Å²) in [5, 5.41) is 10.8. The zero-order valence-corrected chi connectivity index (χ0v) is 11.6. The van der Waals surface area contributed by atoms with Gasteiger partial charge in [0.1, 0.15) is 25.4 Å². The highest BCUT2D eigenvalue weighted by Gasteiger charge is 2.17. The minimum atomic E-state index is -0.398. The molecule has 0 saturated carbocycles. The average molecular weight is 289 g/mol. The molecular weight excluding hydrogens is 272 g/mol. The van der Waals surface area contributed by atoms with Gasteiger partial charge in [-0.1, -0.05) is 12.1 Å². The molecule has 1 aromatic heterocycles. The Hall–Kier alpha value is -2.18. The predicted molar refractivity (Wildman–Crippen MR) is 76.0 cm³/mol. The standard InChI is InChI=1S/C15H16N2O4/c18-17(19)13-3-1-2-12(10-13)15-5-4-14(21-15)11-16-6-8-20-9-7-16/h1-5,10H,6-9,11H2/p+1. The van der Waals surface area contributed by atoms with Crippen LogP contribution in [0.15, 0.2) is 40.8 Å². The van der Waals surface area contributed by atoms with E-state index in [0.717, 1.165) is 44.2 Å². The summed E-state index contributed by atoms with van der Waals surface area (Å²) in [6.45, 7) is 4.35. The lowest BCUT2D eigenvalue weighted by Gasteiger charge is -2.22. The normalized spacial score (nSPS) is 16.0. The van der Waals surface area contributed by atoms with Crippen LogP contribution in [0.3, 0.4) is 0 Å². The number of ether oxygens (including phenoxy) is 1. The molecule has 1 aliphatic heterocycles. The van der Waals surface area contributed by atoms with Gasteiger partial charge in [0.2, 0.25) is 0 Å². The Kier molecular flexibility index (Phi) is 3.98. The molecule has 0 unspecified atom stereocenters. The number of nitro benzene ring substituents is 1. The monoisotopic (exact) mass is 289 g/mol. The van der Waals surface area contributed by atoms with Crippen LogP contribution < -0.4 is 4.90 Å². The summed E-state index contributed by atoms with van der Waals surface area (Å²) in [7, 11) is 0. The van der Waals surface area contributed by atoms with Crippen molar-refractivity contribution in [2.24, 2.45) is 0 Å². The smallest absolute Gasteiger partial charge is 0.270 e. The van der Waals surface area contributed by atoms with Gasteiger partial charge in [-0.2, -0.15) is 0 Å². The predicted octanol–water partition coefficient (Wildman–Crippen LogP) is 1.27. The molecule has 0 radical (unpaired) electrons. The maximum absolute atomic E-state index is 10.8. The van der Waals surface area contributed by atoms with Crippen LogP contribution in [0, 0.1) is 10.1 Å². The molecule has 21 heavy (non-hydrogen) atoms. The number of quaternary nitrogens is 1. The third kappa shape index (κ3) is 3.29. The van der Waals surface area contributed by atoms with Crippen LogP contribution in [-0.2, 0) is 11.3 Å². The maximum atomic E-state index is 10.8. The fraction of sp³-hybridized carbons (Fsp3) is 0.333. The molecule has 0 bridgehead atoms. The number of hydrogen-bond donors (Lipinski definition) is 1. The molecule has 6 nitrogen and oxygen atoms in total. The second kappa shape index (κ2) is 6.07. The third-order valence-electron chi connectivity index (χ3n) is 3.63. The van der Waals surface area contributed by atoms with Crippen LogP contribution in [0.1, 0.15) is 5.76 Å². The molecule has 0 atom stereocenters. The van der Waals surface area contributed by atoms with Gasteiger partial charge in [-0.25, -0.2) is 0 Å². The number of furan rings is 1. The Morgan fingerprint density at radius 2 is 2.00 bits per heavy atom. The zero-order valence-electron chi connectivity index (χ0n) is 11.6. The number of nitrogens with one attached hydrogen (secondary N) is 1. The number of nitrogens with zero attached hydrogens (tertiary/aromatic N) is 1. The quantitative estimate of drug-likeness (QED) is 0.680. The van der Waals surface area contributed by atoms with E-state index in [9.17, 15) is 10.1 Å². The molecule has 2 heterocycles. The van der Waals surface area contributed by atoms with Crippen LogP contribution in [-0.4, -0.2) is 31.2 Å². The number of rotatable bonds is 4. The van der Waals surface area contributed by atoms with Crippen molar-refractivity contribution in [1.82, 2.24) is 0 Å². The minimum absolute atomic E-state index is 0.0734. The molecule has 1 aliphatic rings. The molecule has 0 aliphatic carbocycles. The van der Waals surface area contributed by atoms with Crippen molar-refractivity contribution in [2.75, 3.05) is 26.3 Å². The van der Waals surface area contributed by atoms with Gasteiger partial charge in [0.25, 0.3) is 5.69 Å². The molecule has 0 amide bonds. The number of nitro groups is 1. The van der Waals surface area contributed by atoms with Gasteiger partial charge in [-0.05, 0) is 12.1 Å². The zero-order chi connectivity index (χ0) is 14.7. The molecule has 1 aromatic carbocycles. The van der Waals surface area contributed by atoms with E-state index in [-0.39, 0.29) is 5.69 Å². The first-order valence-corrected chi connectivity index (χ1v) is 6.97. The largest absolute Gasteiger partial charge is 0.455 e. The lowest BCUT2D eigenvalue weighted by atomic mass is 10.1. The third-order valence-corrected chi connectivity index (χ3v) is 3.63. The van der Waals surface area contributed by atoms with E-state index >= 15 is 0 Å². The maximum Gasteiger partial charge on any atom is 0.270 e. The van der Waals surface area contributed by atoms with Crippen molar-refractivity contribution in [1.29, 1.82) is 0 Å². The fourth-order valence-corrected chi connectivity index (χ4v) is 2.48. The molecule has 2 aromatic rings. The van der Waals surface area contributed by atoms with Gasteiger partial charge in [-0.3, -0.25) is 10.1 Å². The number of non-ortho nitro benzene ring substituents is 1. The first kappa shape index (κ1) is 13.8. The minimum Gasteiger partial charge on any atom is -0.455 e. The van der Waals surface area contributed by atoms with Gasteiger partial charge in [0, 0.05) is 17.7 Å². The highest BCUT2D eigenvalue weighted by Crippen LogP contribution is 2.25. The summed E-state index contributed by atoms with van der Waals surface area (Å²) >= 11 is 0. The number of morpholine rings is 1. The van der Waals surface area contributed by atoms with E-state index in [1.165, 1.54) is 17.0 Å². The molecule has 110 valence electrons. The van der Waals surface area contributed by atoms with E-state index in [1.807, 2.05) is 18.2 Å². The Bertz CT molecular complexity index is 632. The number of hydrogen-bond acceptors (Lipinski definition) is 4. The first-order chi connectivity index (χ1) is 10.2. The van der Waals surface area contributed by atoms with E-state index < -0.39 is 4.92 Å². The first-order valence-electron chi connectivity index (χ1n) is 6.97. The molecule has 1 saturated heterocycles. The van der Waals surface area contributed by atoms with E-state index in [1.54, 1.807) is 6.07 Å². The molecule has 1 N–H and O–H groups in total. The van der Waals surface area contributed by atoms with Crippen LogP contribution in [0.4, 0.5) is 5.69 Å². The van der Waals surface area contributed by atoms with Crippen molar-refractivity contribution < 1.29 is 19.0 Å². The summed E-state index contributed by atoms with van der Waals surface area (Å²) in [6, 6.07) is 10.3. The SMILES string of the molecule is O=[N+]([O-])c1cccc(-c2ccc(C[NH+]3CCOCC3)o2)c1. The summed E-state index contributed by atoms with van der Waals surface area (Å²) in [6.07, 6.45) is 0. The molecule has 6 heteroatoms. The average Bonchev–Trinajstić information content (AvgIpc) is 2.97. The van der Waals surface area contributed by atoms with Crippen molar-refractivity contribution >= 4 is 5.69 Å². The van der Waals surface area contributed by atoms with E-state index in [2.05, 4.69) is 0 Å². The highest BCUT2D eigenvalue weighted by molar-refractivity contribution is 5.61. The molecule has 3 rings (SSSR count). The van der Waals surface area contributed by atoms with Gasteiger partial charge in [0.05, 0.1) is 18.1 Å². The van der Waals surface area contributed by atoms with Crippen LogP contribution >= 0.6 is 0 Å². The van der Waals surface area contributed by atoms with Crippen molar-refractivity contribution in [3.63, 3.8) is 0 Å². The van der Waals surface area contributed by atoms with Crippen LogP contribution in [0.25, 0.3) is 11.3 Å². The summed E-state index contributed by atoms with van der Waals surface area (Å²) in [5.74, 6) is 1.56. The van der Waals surface area contributed by atoms with Crippen molar-refractivity contribution in [3.8, 4) is 11.3 Å². The lowest BCUT2D eigenvalue weighted by molar-refractivity contribution is -0.922. The fourth-order valence-electron chi connectivity index (χ4n) is 2.48. The Balaban J connectivity index is 1.75. The van der Waals surface area contributed by atoms with Crippen molar-refractivity contribution in [2.45, 2.75) is 6.54 Å². The Labute approximate surface area is 122 Å². The Morgan fingerprint density at radius 3 is 2.76 bits per heavy atom. The molecule has 1 fully saturated rings. The lowest BCUT2D eigenvalue weighted by Crippen LogP contribution is -3.12.